The number of nitrogens with two attached hydrogens (primary N) is 1. The predicted octanol–water partition coefficient (Wildman–Crippen LogP) is 0.729. The normalized spacial score (nSPS) is 18.9. The van der Waals surface area contributed by atoms with Crippen LogP contribution >= 0.6 is 0 Å². The molecule has 6 heteroatoms. The SMILES string of the molecule is NCC(c1ccc2c(c1)CCO2)N1CCn2cnnc2C1. The molecular weight excluding hydrogens is 266 g/mol. The van der Waals surface area contributed by atoms with Gasteiger partial charge in [-0.1, -0.05) is 12.1 Å². The van der Waals surface area contributed by atoms with E-state index in [2.05, 4.69) is 37.9 Å². The van der Waals surface area contributed by atoms with Crippen LogP contribution in [-0.2, 0) is 19.5 Å². The Balaban J connectivity index is 1.60. The Bertz CT molecular complexity index is 653. The summed E-state index contributed by atoms with van der Waals surface area (Å²) in [5.41, 5.74) is 8.63. The van der Waals surface area contributed by atoms with Crippen LogP contribution in [0.1, 0.15) is 23.0 Å². The Morgan fingerprint density at radius 1 is 1.33 bits per heavy atom. The van der Waals surface area contributed by atoms with Gasteiger partial charge in [-0.15, -0.1) is 10.2 Å². The minimum atomic E-state index is 0.223. The molecule has 0 bridgehead atoms. The van der Waals surface area contributed by atoms with Crippen molar-refractivity contribution in [2.24, 2.45) is 5.73 Å². The maximum Gasteiger partial charge on any atom is 0.147 e. The maximum absolute atomic E-state index is 6.06. The lowest BCUT2D eigenvalue weighted by atomic mass is 10.0. The van der Waals surface area contributed by atoms with Gasteiger partial charge in [-0.2, -0.15) is 0 Å². The van der Waals surface area contributed by atoms with Crippen molar-refractivity contribution in [3.05, 3.63) is 41.5 Å². The first kappa shape index (κ1) is 12.8. The number of ether oxygens (including phenoxy) is 1. The van der Waals surface area contributed by atoms with Crippen LogP contribution in [0.2, 0.25) is 0 Å². The van der Waals surface area contributed by atoms with Crippen LogP contribution in [0.15, 0.2) is 24.5 Å². The number of aromatic nitrogens is 3. The first-order chi connectivity index (χ1) is 10.3. The molecule has 0 saturated heterocycles. The topological polar surface area (TPSA) is 69.2 Å². The van der Waals surface area contributed by atoms with Crippen LogP contribution in [0.25, 0.3) is 0 Å². The number of fused-ring (bicyclic) bond motifs is 2. The zero-order valence-corrected chi connectivity index (χ0v) is 11.9. The third-order valence-corrected chi connectivity index (χ3v) is 4.43. The van der Waals surface area contributed by atoms with Gasteiger partial charge in [0.2, 0.25) is 0 Å². The Morgan fingerprint density at radius 2 is 2.29 bits per heavy atom. The fourth-order valence-electron chi connectivity index (χ4n) is 3.26. The van der Waals surface area contributed by atoms with Crippen LogP contribution in [-0.4, -0.2) is 39.4 Å². The fraction of sp³-hybridized carbons (Fsp3) is 0.467. The maximum atomic E-state index is 6.06. The molecule has 0 aliphatic carbocycles. The summed E-state index contributed by atoms with van der Waals surface area (Å²) in [5, 5.41) is 8.17. The predicted molar refractivity (Wildman–Crippen MR) is 77.9 cm³/mol. The Morgan fingerprint density at radius 3 is 3.19 bits per heavy atom. The minimum absolute atomic E-state index is 0.223. The molecule has 2 aliphatic rings. The molecule has 110 valence electrons. The van der Waals surface area contributed by atoms with Gasteiger partial charge in [0.25, 0.3) is 0 Å². The van der Waals surface area contributed by atoms with Crippen molar-refractivity contribution in [2.75, 3.05) is 19.7 Å². The molecule has 0 amide bonds. The molecule has 0 spiro atoms. The van der Waals surface area contributed by atoms with E-state index < -0.39 is 0 Å². The molecule has 0 saturated carbocycles. The van der Waals surface area contributed by atoms with Crippen molar-refractivity contribution < 1.29 is 4.74 Å². The van der Waals surface area contributed by atoms with E-state index in [4.69, 9.17) is 10.5 Å². The number of rotatable bonds is 3. The second kappa shape index (κ2) is 5.13. The lowest BCUT2D eigenvalue weighted by Crippen LogP contribution is -2.39. The minimum Gasteiger partial charge on any atom is -0.493 e. The average Bonchev–Trinajstić information content (AvgIpc) is 3.15. The summed E-state index contributed by atoms with van der Waals surface area (Å²) >= 11 is 0. The van der Waals surface area contributed by atoms with Crippen LogP contribution in [0.4, 0.5) is 0 Å². The molecule has 6 nitrogen and oxygen atoms in total. The van der Waals surface area contributed by atoms with Gasteiger partial charge >= 0.3 is 0 Å². The lowest BCUT2D eigenvalue weighted by Gasteiger charge is -2.34. The fourth-order valence-corrected chi connectivity index (χ4v) is 3.26. The highest BCUT2D eigenvalue weighted by Gasteiger charge is 2.26. The zero-order chi connectivity index (χ0) is 14.2. The van der Waals surface area contributed by atoms with Gasteiger partial charge in [0, 0.05) is 32.1 Å². The third kappa shape index (κ3) is 2.20. The van der Waals surface area contributed by atoms with Gasteiger partial charge in [-0.3, -0.25) is 4.90 Å². The van der Waals surface area contributed by atoms with Gasteiger partial charge < -0.3 is 15.0 Å². The Kier molecular flexibility index (Phi) is 3.12. The van der Waals surface area contributed by atoms with Crippen molar-refractivity contribution in [3.63, 3.8) is 0 Å². The molecule has 1 atom stereocenters. The smallest absolute Gasteiger partial charge is 0.147 e. The summed E-state index contributed by atoms with van der Waals surface area (Å²) in [4.78, 5) is 2.39. The summed E-state index contributed by atoms with van der Waals surface area (Å²) in [6.45, 7) is 4.09. The number of hydrogen-bond acceptors (Lipinski definition) is 5. The van der Waals surface area contributed by atoms with Crippen molar-refractivity contribution in [1.29, 1.82) is 0 Å². The molecule has 2 aliphatic heterocycles. The van der Waals surface area contributed by atoms with E-state index in [9.17, 15) is 0 Å². The molecule has 1 unspecified atom stereocenters. The highest BCUT2D eigenvalue weighted by Crippen LogP contribution is 2.31. The second-order valence-corrected chi connectivity index (χ2v) is 5.63. The van der Waals surface area contributed by atoms with Crippen LogP contribution in [0, 0.1) is 0 Å². The highest BCUT2D eigenvalue weighted by atomic mass is 16.5. The first-order valence-electron chi connectivity index (χ1n) is 7.41. The van der Waals surface area contributed by atoms with E-state index in [0.29, 0.717) is 6.54 Å². The second-order valence-electron chi connectivity index (χ2n) is 5.63. The van der Waals surface area contributed by atoms with Crippen molar-refractivity contribution in [3.8, 4) is 5.75 Å². The molecule has 3 heterocycles. The molecule has 21 heavy (non-hydrogen) atoms. The quantitative estimate of drug-likeness (QED) is 0.900. The molecule has 1 aromatic heterocycles. The van der Waals surface area contributed by atoms with Crippen molar-refractivity contribution in [2.45, 2.75) is 25.6 Å². The van der Waals surface area contributed by atoms with Gasteiger partial charge in [0.05, 0.1) is 13.2 Å². The monoisotopic (exact) mass is 285 g/mol. The molecule has 1 aromatic carbocycles. The van der Waals surface area contributed by atoms with E-state index in [0.717, 1.165) is 44.2 Å². The van der Waals surface area contributed by atoms with Crippen molar-refractivity contribution >= 4 is 0 Å². The molecule has 2 aromatic rings. The van der Waals surface area contributed by atoms with E-state index >= 15 is 0 Å². The third-order valence-electron chi connectivity index (χ3n) is 4.43. The van der Waals surface area contributed by atoms with Gasteiger partial charge in [-0.25, -0.2) is 0 Å². The number of benzene rings is 1. The van der Waals surface area contributed by atoms with Crippen LogP contribution in [0.5, 0.6) is 5.75 Å². The number of nitrogens with zero attached hydrogens (tertiary/aromatic N) is 4. The molecular formula is C15H19N5O. The number of hydrogen-bond donors (Lipinski definition) is 1. The zero-order valence-electron chi connectivity index (χ0n) is 11.9. The van der Waals surface area contributed by atoms with Gasteiger partial charge in [-0.05, 0) is 17.2 Å². The largest absolute Gasteiger partial charge is 0.493 e. The van der Waals surface area contributed by atoms with E-state index in [-0.39, 0.29) is 6.04 Å². The summed E-state index contributed by atoms with van der Waals surface area (Å²) in [5.74, 6) is 2.04. The Labute approximate surface area is 123 Å². The highest BCUT2D eigenvalue weighted by molar-refractivity contribution is 5.41. The lowest BCUT2D eigenvalue weighted by molar-refractivity contribution is 0.156. The van der Waals surface area contributed by atoms with Crippen molar-refractivity contribution in [1.82, 2.24) is 19.7 Å². The molecule has 0 fully saturated rings. The van der Waals surface area contributed by atoms with Gasteiger partial charge in [0.15, 0.2) is 0 Å². The van der Waals surface area contributed by atoms with E-state index in [1.54, 1.807) is 6.33 Å². The average molecular weight is 285 g/mol. The summed E-state index contributed by atoms with van der Waals surface area (Å²) in [6.07, 6.45) is 2.80. The molecule has 2 N–H and O–H groups in total. The Hall–Kier alpha value is -1.92. The summed E-state index contributed by atoms with van der Waals surface area (Å²) < 4.78 is 7.69. The first-order valence-corrected chi connectivity index (χ1v) is 7.41. The van der Waals surface area contributed by atoms with Gasteiger partial charge in [0.1, 0.15) is 17.9 Å². The molecule has 0 radical (unpaired) electrons. The van der Waals surface area contributed by atoms with Crippen LogP contribution < -0.4 is 10.5 Å². The summed E-state index contributed by atoms with van der Waals surface area (Å²) in [6, 6.07) is 6.69. The van der Waals surface area contributed by atoms with E-state index in [1.807, 2.05) is 0 Å². The van der Waals surface area contributed by atoms with E-state index in [1.165, 1.54) is 11.1 Å². The summed E-state index contributed by atoms with van der Waals surface area (Å²) in [7, 11) is 0. The standard InChI is InChI=1S/C15H19N5O/c16-8-13(11-1-2-14-12(7-11)3-6-21-14)19-4-5-20-10-17-18-15(20)9-19/h1-2,7,10,13H,3-6,8-9,16H2. The molecule has 4 rings (SSSR count). The van der Waals surface area contributed by atoms with Crippen LogP contribution in [0.3, 0.4) is 0 Å².